The Morgan fingerprint density at radius 1 is 1.32 bits per heavy atom. The van der Waals surface area contributed by atoms with E-state index in [1.54, 1.807) is 20.8 Å². The standard InChI is InChI=1S/C19H25N3O3/c1-19(2,3)25-18(24)21-15-12-22(13-8-4-5-9-13)16-11-7-6-10-14(16)20-17(15)23/h4,6-8,10-11,13,15H,5,9,12H2,1-3H3,(H,20,23)(H,21,24)/t13?,15-/m1/s1. The first-order valence-electron chi connectivity index (χ1n) is 8.66. The number of benzene rings is 1. The van der Waals surface area contributed by atoms with Gasteiger partial charge >= 0.3 is 6.09 Å². The van der Waals surface area contributed by atoms with Crippen LogP contribution in [0.5, 0.6) is 0 Å². The minimum absolute atomic E-state index is 0.219. The van der Waals surface area contributed by atoms with Crippen LogP contribution in [0.3, 0.4) is 0 Å². The number of anilines is 2. The van der Waals surface area contributed by atoms with Gasteiger partial charge in [-0.1, -0.05) is 24.3 Å². The van der Waals surface area contributed by atoms with Gasteiger partial charge < -0.3 is 20.3 Å². The van der Waals surface area contributed by atoms with E-state index in [4.69, 9.17) is 4.74 Å². The minimum atomic E-state index is -0.684. The van der Waals surface area contributed by atoms with Crippen molar-refractivity contribution in [3.8, 4) is 0 Å². The first-order valence-corrected chi connectivity index (χ1v) is 8.66. The predicted molar refractivity (Wildman–Crippen MR) is 97.7 cm³/mol. The van der Waals surface area contributed by atoms with Crippen molar-refractivity contribution in [3.63, 3.8) is 0 Å². The highest BCUT2D eigenvalue weighted by Crippen LogP contribution is 2.32. The largest absolute Gasteiger partial charge is 0.444 e. The smallest absolute Gasteiger partial charge is 0.408 e. The Labute approximate surface area is 148 Å². The average Bonchev–Trinajstić information content (AvgIpc) is 3.00. The van der Waals surface area contributed by atoms with E-state index < -0.39 is 17.7 Å². The van der Waals surface area contributed by atoms with Crippen molar-refractivity contribution in [1.82, 2.24) is 5.32 Å². The number of ether oxygens (including phenoxy) is 1. The van der Waals surface area contributed by atoms with E-state index in [0.29, 0.717) is 6.54 Å². The van der Waals surface area contributed by atoms with Crippen LogP contribution >= 0.6 is 0 Å². The zero-order chi connectivity index (χ0) is 18.0. The fourth-order valence-corrected chi connectivity index (χ4v) is 3.18. The van der Waals surface area contributed by atoms with Crippen molar-refractivity contribution >= 4 is 23.4 Å². The Bertz CT molecular complexity index is 693. The van der Waals surface area contributed by atoms with Crippen LogP contribution in [-0.4, -0.2) is 36.2 Å². The minimum Gasteiger partial charge on any atom is -0.444 e. The average molecular weight is 343 g/mol. The lowest BCUT2D eigenvalue weighted by molar-refractivity contribution is -0.117. The number of nitrogens with zero attached hydrogens (tertiary/aromatic N) is 1. The Hall–Kier alpha value is -2.50. The fourth-order valence-electron chi connectivity index (χ4n) is 3.18. The van der Waals surface area contributed by atoms with Gasteiger partial charge in [0.05, 0.1) is 11.4 Å². The molecule has 3 rings (SSSR count). The second-order valence-electron chi connectivity index (χ2n) is 7.43. The zero-order valence-electron chi connectivity index (χ0n) is 14.9. The molecule has 1 aliphatic heterocycles. The summed E-state index contributed by atoms with van der Waals surface area (Å²) >= 11 is 0. The summed E-state index contributed by atoms with van der Waals surface area (Å²) in [5, 5.41) is 5.63. The summed E-state index contributed by atoms with van der Waals surface area (Å²) in [5.41, 5.74) is 1.13. The van der Waals surface area contributed by atoms with Gasteiger partial charge in [0, 0.05) is 12.6 Å². The van der Waals surface area contributed by atoms with E-state index >= 15 is 0 Å². The molecule has 1 aromatic carbocycles. The van der Waals surface area contributed by atoms with Crippen LogP contribution in [0.4, 0.5) is 16.2 Å². The number of fused-ring (bicyclic) bond motifs is 1. The molecule has 0 saturated carbocycles. The van der Waals surface area contributed by atoms with E-state index in [9.17, 15) is 9.59 Å². The van der Waals surface area contributed by atoms with Crippen LogP contribution in [0.15, 0.2) is 36.4 Å². The Morgan fingerprint density at radius 2 is 2.08 bits per heavy atom. The normalized spacial score (nSPS) is 22.8. The SMILES string of the molecule is CC(C)(C)OC(=O)N[C@@H]1CN(C2C=CCC2)c2ccccc2NC1=O. The van der Waals surface area contributed by atoms with Crippen molar-refractivity contribution in [1.29, 1.82) is 0 Å². The van der Waals surface area contributed by atoms with Crippen molar-refractivity contribution < 1.29 is 14.3 Å². The quantitative estimate of drug-likeness (QED) is 0.810. The third kappa shape index (κ3) is 4.13. The molecule has 0 aromatic heterocycles. The van der Waals surface area contributed by atoms with Gasteiger partial charge in [-0.3, -0.25) is 4.79 Å². The lowest BCUT2D eigenvalue weighted by atomic mass is 10.1. The van der Waals surface area contributed by atoms with E-state index in [0.717, 1.165) is 24.2 Å². The molecule has 2 aliphatic rings. The number of hydrogen-bond donors (Lipinski definition) is 2. The summed E-state index contributed by atoms with van der Waals surface area (Å²) in [5.74, 6) is -0.234. The van der Waals surface area contributed by atoms with Crippen LogP contribution in [0, 0.1) is 0 Å². The van der Waals surface area contributed by atoms with E-state index in [-0.39, 0.29) is 11.9 Å². The molecule has 0 radical (unpaired) electrons. The molecule has 1 aliphatic carbocycles. The molecule has 0 spiro atoms. The molecule has 0 saturated heterocycles. The van der Waals surface area contributed by atoms with Crippen LogP contribution in [0.25, 0.3) is 0 Å². The van der Waals surface area contributed by atoms with Crippen molar-refractivity contribution in [2.45, 2.75) is 51.3 Å². The Morgan fingerprint density at radius 3 is 2.76 bits per heavy atom. The lowest BCUT2D eigenvalue weighted by Gasteiger charge is -2.32. The van der Waals surface area contributed by atoms with Gasteiger partial charge in [0.1, 0.15) is 11.6 Å². The molecule has 2 atom stereocenters. The first kappa shape index (κ1) is 17.3. The summed E-state index contributed by atoms with van der Waals surface area (Å²) in [6, 6.07) is 7.27. The van der Waals surface area contributed by atoms with Crippen LogP contribution < -0.4 is 15.5 Å². The number of allylic oxidation sites excluding steroid dienone is 1. The molecule has 1 aromatic rings. The van der Waals surface area contributed by atoms with E-state index in [2.05, 4.69) is 27.7 Å². The van der Waals surface area contributed by atoms with Gasteiger partial charge in [-0.2, -0.15) is 0 Å². The number of carbonyl (C=O) groups is 2. The molecule has 1 unspecified atom stereocenters. The first-order chi connectivity index (χ1) is 11.8. The third-order valence-electron chi connectivity index (χ3n) is 4.25. The number of nitrogens with one attached hydrogen (secondary N) is 2. The monoisotopic (exact) mass is 343 g/mol. The van der Waals surface area contributed by atoms with Gasteiger partial charge in [0.25, 0.3) is 0 Å². The van der Waals surface area contributed by atoms with Crippen LogP contribution in [0.2, 0.25) is 0 Å². The molecule has 1 heterocycles. The molecular weight excluding hydrogens is 318 g/mol. The van der Waals surface area contributed by atoms with Gasteiger partial charge in [0.2, 0.25) is 5.91 Å². The topological polar surface area (TPSA) is 70.7 Å². The molecule has 6 heteroatoms. The number of amides is 2. The number of rotatable bonds is 2. The summed E-state index contributed by atoms with van der Waals surface area (Å²) < 4.78 is 5.30. The highest BCUT2D eigenvalue weighted by molar-refractivity contribution is 6.01. The van der Waals surface area contributed by atoms with Crippen molar-refractivity contribution in [2.75, 3.05) is 16.8 Å². The third-order valence-corrected chi connectivity index (χ3v) is 4.25. The zero-order valence-corrected chi connectivity index (χ0v) is 14.9. The van der Waals surface area contributed by atoms with Gasteiger partial charge in [0.15, 0.2) is 0 Å². The molecule has 0 fully saturated rings. The maximum Gasteiger partial charge on any atom is 0.408 e. The number of hydrogen-bond acceptors (Lipinski definition) is 4. The number of carbonyl (C=O) groups excluding carboxylic acids is 2. The maximum atomic E-state index is 12.6. The molecular formula is C19H25N3O3. The number of alkyl carbamates (subject to hydrolysis) is 1. The second kappa shape index (κ2) is 6.78. The molecule has 2 N–H and O–H groups in total. The molecule has 6 nitrogen and oxygen atoms in total. The van der Waals surface area contributed by atoms with E-state index in [1.807, 2.05) is 24.3 Å². The van der Waals surface area contributed by atoms with Crippen molar-refractivity contribution in [3.05, 3.63) is 36.4 Å². The summed E-state index contributed by atoms with van der Waals surface area (Å²) in [7, 11) is 0. The lowest BCUT2D eigenvalue weighted by Crippen LogP contribution is -2.51. The Kier molecular flexibility index (Phi) is 4.70. The molecule has 0 bridgehead atoms. The second-order valence-corrected chi connectivity index (χ2v) is 7.43. The predicted octanol–water partition coefficient (Wildman–Crippen LogP) is 3.06. The number of para-hydroxylation sites is 2. The van der Waals surface area contributed by atoms with Crippen molar-refractivity contribution in [2.24, 2.45) is 0 Å². The molecule has 25 heavy (non-hydrogen) atoms. The molecule has 2 amide bonds. The highest BCUT2D eigenvalue weighted by Gasteiger charge is 2.33. The Balaban J connectivity index is 1.83. The van der Waals surface area contributed by atoms with Crippen LogP contribution in [0.1, 0.15) is 33.6 Å². The van der Waals surface area contributed by atoms with E-state index in [1.165, 1.54) is 0 Å². The van der Waals surface area contributed by atoms with Gasteiger partial charge in [-0.05, 0) is 45.7 Å². The van der Waals surface area contributed by atoms with Gasteiger partial charge in [-0.25, -0.2) is 4.79 Å². The summed E-state index contributed by atoms with van der Waals surface area (Å²) in [6.45, 7) is 5.79. The van der Waals surface area contributed by atoms with Gasteiger partial charge in [-0.15, -0.1) is 0 Å². The summed E-state index contributed by atoms with van der Waals surface area (Å²) in [4.78, 5) is 26.9. The molecule has 134 valence electrons. The summed E-state index contributed by atoms with van der Waals surface area (Å²) in [6.07, 6.45) is 5.76. The maximum absolute atomic E-state index is 12.6. The van der Waals surface area contributed by atoms with Crippen LogP contribution in [-0.2, 0) is 9.53 Å². The fraction of sp³-hybridized carbons (Fsp3) is 0.474. The highest BCUT2D eigenvalue weighted by atomic mass is 16.6.